The van der Waals surface area contributed by atoms with Gasteiger partial charge in [0.25, 0.3) is 5.91 Å². The van der Waals surface area contributed by atoms with E-state index in [1.807, 2.05) is 87.7 Å². The van der Waals surface area contributed by atoms with Crippen LogP contribution < -0.4 is 20.3 Å². The number of carbonyl (C=O) groups excluding carboxylic acids is 2. The maximum absolute atomic E-state index is 14.3. The van der Waals surface area contributed by atoms with E-state index in [4.69, 9.17) is 9.57 Å². The lowest BCUT2D eigenvalue weighted by molar-refractivity contribution is -0.183. The molecule has 0 spiro atoms. The standard InChI is InChI=1S/C45H63N5O6/c1-27-37-22-33(45(37,3)4)23-38(27)47-44(54)41-40(28(2)52)39(26-51)56-50(41)24-30-16-13-17-36(42(30)55-9)31-19-32(21-35(20-31)49(7)8)43(53)46-34(25-48(5)6)18-29-14-11-10-12-15-29/h10-17,19-21,27-28,33-34,37-41,51-52H,18,22-26H2,1-9H3,(H,46,53)(H,47,54)/t27-,28-,33+,34-,37-,38-,39-,40-,41-/m0/s1. The molecule has 56 heavy (non-hydrogen) atoms. The van der Waals surface area contributed by atoms with Gasteiger partial charge in [0.2, 0.25) is 5.91 Å². The molecule has 1 saturated heterocycles. The number of para-hydroxylation sites is 1. The lowest BCUT2D eigenvalue weighted by atomic mass is 9.45. The van der Waals surface area contributed by atoms with Crippen molar-refractivity contribution in [2.45, 2.75) is 83.8 Å². The number of hydroxylamine groups is 2. The van der Waals surface area contributed by atoms with Crippen molar-refractivity contribution in [2.24, 2.45) is 29.1 Å². The van der Waals surface area contributed by atoms with Crippen molar-refractivity contribution in [2.75, 3.05) is 53.4 Å². The highest BCUT2D eigenvalue weighted by Crippen LogP contribution is 2.61. The average Bonchev–Trinajstić information content (AvgIpc) is 3.53. The molecule has 7 rings (SSSR count). The molecule has 0 aromatic heterocycles. The van der Waals surface area contributed by atoms with Crippen molar-refractivity contribution in [3.05, 3.63) is 83.4 Å². The minimum Gasteiger partial charge on any atom is -0.496 e. The lowest BCUT2D eigenvalue weighted by Gasteiger charge is -2.62. The van der Waals surface area contributed by atoms with Crippen molar-refractivity contribution in [1.29, 1.82) is 0 Å². The Kier molecular flexibility index (Phi) is 12.8. The van der Waals surface area contributed by atoms with Crippen molar-refractivity contribution in [1.82, 2.24) is 20.6 Å². The maximum atomic E-state index is 14.3. The summed E-state index contributed by atoms with van der Waals surface area (Å²) in [6.07, 6.45) is 1.17. The van der Waals surface area contributed by atoms with Gasteiger partial charge < -0.3 is 35.4 Å². The summed E-state index contributed by atoms with van der Waals surface area (Å²) in [7, 11) is 9.52. The smallest absolute Gasteiger partial charge is 0.251 e. The van der Waals surface area contributed by atoms with Gasteiger partial charge >= 0.3 is 0 Å². The van der Waals surface area contributed by atoms with Crippen LogP contribution >= 0.6 is 0 Å². The second-order valence-corrected chi connectivity index (χ2v) is 17.5. The highest BCUT2D eigenvalue weighted by molar-refractivity contribution is 5.97. The van der Waals surface area contributed by atoms with Crippen LogP contribution in [0.1, 0.15) is 62.0 Å². The lowest BCUT2D eigenvalue weighted by Crippen LogP contribution is -2.62. The van der Waals surface area contributed by atoms with Crippen molar-refractivity contribution < 1.29 is 29.4 Å². The summed E-state index contributed by atoms with van der Waals surface area (Å²) in [6, 6.07) is 20.9. The second kappa shape index (κ2) is 17.2. The van der Waals surface area contributed by atoms with Gasteiger partial charge in [-0.2, -0.15) is 5.06 Å². The Bertz CT molecular complexity index is 1830. The molecule has 304 valence electrons. The summed E-state index contributed by atoms with van der Waals surface area (Å²) in [6.45, 7) is 9.07. The van der Waals surface area contributed by atoms with E-state index in [0.29, 0.717) is 42.0 Å². The number of fused-ring (bicyclic) bond motifs is 2. The number of rotatable bonds is 15. The van der Waals surface area contributed by atoms with Crippen LogP contribution in [0.3, 0.4) is 0 Å². The predicted octanol–water partition coefficient (Wildman–Crippen LogP) is 4.99. The molecule has 0 radical (unpaired) electrons. The van der Waals surface area contributed by atoms with E-state index in [1.165, 1.54) is 6.42 Å². The summed E-state index contributed by atoms with van der Waals surface area (Å²) in [5, 5.41) is 29.6. The third-order valence-corrected chi connectivity index (χ3v) is 12.9. The largest absolute Gasteiger partial charge is 0.496 e. The van der Waals surface area contributed by atoms with Crippen LogP contribution in [-0.4, -0.2) is 111 Å². The van der Waals surface area contributed by atoms with E-state index in [9.17, 15) is 19.8 Å². The Morgan fingerprint density at radius 1 is 1.04 bits per heavy atom. The molecule has 4 N–H and O–H groups in total. The van der Waals surface area contributed by atoms with Gasteiger partial charge in [0.15, 0.2) is 0 Å². The molecule has 3 aliphatic carbocycles. The van der Waals surface area contributed by atoms with Gasteiger partial charge in [0.1, 0.15) is 17.9 Å². The molecular formula is C45H63N5O6. The Labute approximate surface area is 333 Å². The summed E-state index contributed by atoms with van der Waals surface area (Å²) in [5.41, 5.74) is 5.15. The predicted molar refractivity (Wildman–Crippen MR) is 220 cm³/mol. The number of nitrogens with one attached hydrogen (secondary N) is 2. The van der Waals surface area contributed by atoms with Crippen LogP contribution in [0.4, 0.5) is 5.69 Å². The molecule has 4 fully saturated rings. The Balaban J connectivity index is 1.28. The molecule has 3 saturated carbocycles. The number of ether oxygens (including phenoxy) is 1. The van der Waals surface area contributed by atoms with E-state index in [0.717, 1.165) is 34.4 Å². The molecule has 2 bridgehead atoms. The number of nitrogens with zero attached hydrogens (tertiary/aromatic N) is 3. The van der Waals surface area contributed by atoms with Crippen LogP contribution in [0.15, 0.2) is 66.7 Å². The number of anilines is 1. The number of amides is 2. The van der Waals surface area contributed by atoms with Crippen molar-refractivity contribution in [3.8, 4) is 16.9 Å². The normalized spacial score (nSPS) is 26.6. The average molecular weight is 770 g/mol. The van der Waals surface area contributed by atoms with Crippen LogP contribution in [0.5, 0.6) is 5.75 Å². The highest BCUT2D eigenvalue weighted by atomic mass is 16.7. The summed E-state index contributed by atoms with van der Waals surface area (Å²) in [5.74, 6) is 1.02. The summed E-state index contributed by atoms with van der Waals surface area (Å²) in [4.78, 5) is 38.7. The van der Waals surface area contributed by atoms with Gasteiger partial charge in [-0.3, -0.25) is 14.4 Å². The fourth-order valence-electron chi connectivity index (χ4n) is 9.76. The molecule has 1 aliphatic heterocycles. The second-order valence-electron chi connectivity index (χ2n) is 17.5. The topological polar surface area (TPSA) is 127 Å². The van der Waals surface area contributed by atoms with E-state index in [1.54, 1.807) is 19.1 Å². The summed E-state index contributed by atoms with van der Waals surface area (Å²) < 4.78 is 6.11. The molecule has 11 nitrogen and oxygen atoms in total. The molecule has 3 aromatic rings. The molecule has 0 unspecified atom stereocenters. The fraction of sp³-hybridized carbons (Fsp3) is 0.556. The zero-order chi connectivity index (χ0) is 40.5. The minimum atomic E-state index is -0.902. The first-order valence-corrected chi connectivity index (χ1v) is 20.1. The van der Waals surface area contributed by atoms with Gasteiger partial charge in [-0.25, -0.2) is 0 Å². The van der Waals surface area contributed by atoms with Gasteiger partial charge in [-0.15, -0.1) is 0 Å². The molecule has 11 heteroatoms. The Morgan fingerprint density at radius 3 is 2.38 bits per heavy atom. The highest BCUT2D eigenvalue weighted by Gasteiger charge is 2.57. The van der Waals surface area contributed by atoms with Gasteiger partial charge in [0.05, 0.1) is 26.4 Å². The van der Waals surface area contributed by atoms with Crippen LogP contribution in [-0.2, 0) is 22.6 Å². The monoisotopic (exact) mass is 769 g/mol. The van der Waals surface area contributed by atoms with E-state index in [2.05, 4.69) is 48.4 Å². The van der Waals surface area contributed by atoms with E-state index >= 15 is 0 Å². The quantitative estimate of drug-likeness (QED) is 0.169. The molecule has 9 atom stereocenters. The van der Waals surface area contributed by atoms with Gasteiger partial charge in [0, 0.05) is 61.0 Å². The third-order valence-electron chi connectivity index (χ3n) is 12.9. The molecule has 2 amide bonds. The first-order valence-electron chi connectivity index (χ1n) is 20.1. The van der Waals surface area contributed by atoms with Crippen molar-refractivity contribution >= 4 is 17.5 Å². The zero-order valence-corrected chi connectivity index (χ0v) is 34.7. The maximum Gasteiger partial charge on any atom is 0.251 e. The number of aliphatic hydroxyl groups excluding tert-OH is 2. The Hall–Kier alpha value is -4.00. The number of methoxy groups -OCH3 is 1. The molecule has 3 aromatic carbocycles. The first kappa shape index (κ1) is 41.6. The number of hydrogen-bond acceptors (Lipinski definition) is 9. The van der Waals surface area contributed by atoms with Gasteiger partial charge in [-0.05, 0) is 92.8 Å². The molecule has 4 aliphatic rings. The van der Waals surface area contributed by atoms with Crippen LogP contribution in [0, 0.1) is 29.1 Å². The number of likely N-dealkylation sites (N-methyl/N-ethyl adjacent to an activating group) is 1. The number of hydrogen-bond donors (Lipinski definition) is 4. The van der Waals surface area contributed by atoms with E-state index in [-0.39, 0.29) is 42.5 Å². The third kappa shape index (κ3) is 8.62. The van der Waals surface area contributed by atoms with Crippen LogP contribution in [0.2, 0.25) is 0 Å². The first-order chi connectivity index (χ1) is 26.6. The van der Waals surface area contributed by atoms with E-state index < -0.39 is 24.2 Å². The molecular weight excluding hydrogens is 707 g/mol. The SMILES string of the molecule is COc1c(CN2O[C@@H](CO)[C@H]([C@H](C)O)[C@H]2C(=O)N[C@H]2C[C@H]3C[C@@H]([C@@H]2C)C3(C)C)cccc1-c1cc(C(=O)N[C@@H](Cc2ccccc2)CN(C)C)cc(N(C)C)c1. The zero-order valence-electron chi connectivity index (χ0n) is 34.7. The number of benzene rings is 3. The number of carbonyl (C=O) groups is 2. The minimum absolute atomic E-state index is 0.0358. The fourth-order valence-corrected chi connectivity index (χ4v) is 9.76. The van der Waals surface area contributed by atoms with Gasteiger partial charge in [-0.1, -0.05) is 69.3 Å². The van der Waals surface area contributed by atoms with Crippen molar-refractivity contribution in [3.63, 3.8) is 0 Å². The number of aliphatic hydroxyl groups is 2. The van der Waals surface area contributed by atoms with Crippen LogP contribution in [0.25, 0.3) is 11.1 Å². The molecule has 1 heterocycles. The Morgan fingerprint density at radius 2 is 1.77 bits per heavy atom. The summed E-state index contributed by atoms with van der Waals surface area (Å²) >= 11 is 0.